The van der Waals surface area contributed by atoms with Gasteiger partial charge in [0, 0.05) is 5.41 Å². The molecule has 2 fully saturated rings. The Kier molecular flexibility index (Phi) is 5.97. The van der Waals surface area contributed by atoms with Crippen LogP contribution >= 0.6 is 0 Å². The predicted molar refractivity (Wildman–Crippen MR) is 133 cm³/mol. The smallest absolute Gasteiger partial charge is 0.242 e. The molecule has 0 aromatic heterocycles. The van der Waals surface area contributed by atoms with Gasteiger partial charge in [-0.3, -0.25) is 0 Å². The van der Waals surface area contributed by atoms with Crippen molar-refractivity contribution in [2.45, 2.75) is 90.3 Å². The van der Waals surface area contributed by atoms with Crippen LogP contribution in [0.4, 0.5) is 0 Å². The van der Waals surface area contributed by atoms with Crippen LogP contribution in [0.15, 0.2) is 23.4 Å². The fraction of sp³-hybridized carbons (Fsp3) is 0.720. The Morgan fingerprint density at radius 3 is 2.39 bits per heavy atom. The first-order valence-corrected chi connectivity index (χ1v) is 18.8. The molecule has 0 radical (unpaired) electrons. The molecule has 4 nitrogen and oxygen atoms in total. The van der Waals surface area contributed by atoms with E-state index in [1.165, 1.54) is 24.1 Å². The number of aryl methyl sites for hydroxylation is 1. The zero-order valence-electron chi connectivity index (χ0n) is 20.7. The van der Waals surface area contributed by atoms with Gasteiger partial charge in [0.15, 0.2) is 8.32 Å². The van der Waals surface area contributed by atoms with Crippen molar-refractivity contribution in [1.82, 2.24) is 0 Å². The number of hydrogen-bond donors (Lipinski definition) is 0. The second-order valence-electron chi connectivity index (χ2n) is 12.0. The fourth-order valence-electron chi connectivity index (χ4n) is 6.60. The monoisotopic (exact) mass is 459 g/mol. The van der Waals surface area contributed by atoms with E-state index in [4.69, 9.17) is 13.7 Å². The van der Waals surface area contributed by atoms with E-state index in [0.29, 0.717) is 17.8 Å². The van der Waals surface area contributed by atoms with Gasteiger partial charge >= 0.3 is 0 Å². The topological polar surface area (TPSA) is 40.0 Å². The van der Waals surface area contributed by atoms with E-state index in [1.807, 2.05) is 0 Å². The van der Waals surface area contributed by atoms with E-state index in [-0.39, 0.29) is 11.5 Å². The standard InChI is InChI=1S/C25H41NO3Si2/c1-25-22(13-14-23(25)26-27-2)20-11-9-17-15-18(28-30(3,4)5)10-12-19(17)21(20)16-24(25)29-31(6,7)8/h10,12,15,20-22,24H,9,11,13-14,16H2,1-8H3/b26-23+/t20-,21-,22+,24-,25+/m1/s1. The first kappa shape index (κ1) is 23.1. The summed E-state index contributed by atoms with van der Waals surface area (Å²) in [4.78, 5) is 5.30. The van der Waals surface area contributed by atoms with Gasteiger partial charge in [0.05, 0.1) is 11.8 Å². The molecule has 5 atom stereocenters. The van der Waals surface area contributed by atoms with Crippen LogP contribution in [0.5, 0.6) is 5.75 Å². The first-order chi connectivity index (χ1) is 14.4. The first-order valence-electron chi connectivity index (χ1n) is 12.0. The molecule has 0 bridgehead atoms. The van der Waals surface area contributed by atoms with Crippen LogP contribution in [0.2, 0.25) is 39.3 Å². The van der Waals surface area contributed by atoms with Gasteiger partial charge < -0.3 is 13.7 Å². The molecule has 4 rings (SSSR count). The Balaban J connectivity index is 1.70. The molecule has 0 saturated heterocycles. The highest BCUT2D eigenvalue weighted by Crippen LogP contribution is 2.61. The van der Waals surface area contributed by atoms with Gasteiger partial charge in [-0.2, -0.15) is 0 Å². The maximum absolute atomic E-state index is 6.91. The summed E-state index contributed by atoms with van der Waals surface area (Å²) in [6.45, 7) is 16.1. The molecule has 2 saturated carbocycles. The Morgan fingerprint density at radius 1 is 1.00 bits per heavy atom. The average Bonchev–Trinajstić information content (AvgIpc) is 2.97. The molecule has 0 spiro atoms. The number of hydrogen-bond acceptors (Lipinski definition) is 4. The van der Waals surface area contributed by atoms with Gasteiger partial charge in [0.2, 0.25) is 8.32 Å². The molecule has 0 aliphatic heterocycles. The largest absolute Gasteiger partial charge is 0.544 e. The fourth-order valence-corrected chi connectivity index (χ4v) is 8.63. The summed E-state index contributed by atoms with van der Waals surface area (Å²) in [5.74, 6) is 2.95. The Hall–Kier alpha value is -1.12. The summed E-state index contributed by atoms with van der Waals surface area (Å²) in [7, 11) is -1.62. The minimum absolute atomic E-state index is 0.00412. The van der Waals surface area contributed by atoms with Crippen LogP contribution in [0.3, 0.4) is 0 Å². The van der Waals surface area contributed by atoms with Gasteiger partial charge in [0.25, 0.3) is 0 Å². The predicted octanol–water partition coefficient (Wildman–Crippen LogP) is 6.59. The Bertz CT molecular complexity index is 857. The van der Waals surface area contributed by atoms with E-state index in [9.17, 15) is 0 Å². The SMILES string of the molecule is CO/N=C1\CC[C@H]2[C@@H]3CCc4cc(O[Si](C)(C)C)ccc4[C@H]3C[C@@H](O[Si](C)(C)C)[C@]12C. The minimum atomic E-state index is -1.70. The van der Waals surface area contributed by atoms with Crippen LogP contribution in [-0.4, -0.2) is 35.6 Å². The summed E-state index contributed by atoms with van der Waals surface area (Å²) in [6.07, 6.45) is 5.96. The highest BCUT2D eigenvalue weighted by Gasteiger charge is 2.59. The third-order valence-corrected chi connectivity index (χ3v) is 9.48. The molecule has 31 heavy (non-hydrogen) atoms. The second-order valence-corrected chi connectivity index (χ2v) is 20.9. The summed E-state index contributed by atoms with van der Waals surface area (Å²) in [5, 5.41) is 4.53. The van der Waals surface area contributed by atoms with Crippen molar-refractivity contribution in [3.63, 3.8) is 0 Å². The quantitative estimate of drug-likeness (QED) is 0.368. The van der Waals surface area contributed by atoms with E-state index >= 15 is 0 Å². The number of rotatable bonds is 5. The van der Waals surface area contributed by atoms with Crippen LogP contribution in [0, 0.1) is 17.3 Å². The molecule has 6 heteroatoms. The number of benzene rings is 1. The molecule has 0 N–H and O–H groups in total. The van der Waals surface area contributed by atoms with Gasteiger partial charge in [-0.25, -0.2) is 0 Å². The molecule has 1 aromatic carbocycles. The molecular weight excluding hydrogens is 418 g/mol. The highest BCUT2D eigenvalue weighted by molar-refractivity contribution is 6.70. The normalized spacial score (nSPS) is 34.1. The number of oxime groups is 1. The van der Waals surface area contributed by atoms with E-state index in [1.54, 1.807) is 12.7 Å². The van der Waals surface area contributed by atoms with Crippen molar-refractivity contribution in [3.05, 3.63) is 29.3 Å². The maximum atomic E-state index is 6.91. The van der Waals surface area contributed by atoms with Gasteiger partial charge in [0.1, 0.15) is 12.9 Å². The van der Waals surface area contributed by atoms with Crippen LogP contribution < -0.4 is 4.43 Å². The molecule has 3 aliphatic rings. The molecule has 0 heterocycles. The lowest BCUT2D eigenvalue weighted by Gasteiger charge is -2.54. The lowest BCUT2D eigenvalue weighted by Crippen LogP contribution is -2.54. The van der Waals surface area contributed by atoms with Crippen molar-refractivity contribution in [2.24, 2.45) is 22.4 Å². The Morgan fingerprint density at radius 2 is 1.74 bits per heavy atom. The average molecular weight is 460 g/mol. The van der Waals surface area contributed by atoms with Crippen molar-refractivity contribution < 1.29 is 13.7 Å². The van der Waals surface area contributed by atoms with Gasteiger partial charge in [-0.15, -0.1) is 0 Å². The van der Waals surface area contributed by atoms with Crippen LogP contribution in [0.1, 0.15) is 49.7 Å². The molecular formula is C25H41NO3Si2. The van der Waals surface area contributed by atoms with Crippen molar-refractivity contribution >= 4 is 22.3 Å². The highest BCUT2D eigenvalue weighted by atomic mass is 28.4. The number of fused-ring (bicyclic) bond motifs is 5. The van der Waals surface area contributed by atoms with E-state index in [2.05, 4.69) is 69.6 Å². The lowest BCUT2D eigenvalue weighted by molar-refractivity contribution is -0.0242. The van der Waals surface area contributed by atoms with Crippen LogP contribution in [0.25, 0.3) is 0 Å². The lowest BCUT2D eigenvalue weighted by atomic mass is 9.54. The molecule has 172 valence electrons. The third-order valence-electron chi connectivity index (χ3n) is 7.64. The second kappa shape index (κ2) is 8.03. The van der Waals surface area contributed by atoms with Crippen molar-refractivity contribution in [2.75, 3.05) is 7.11 Å². The maximum Gasteiger partial charge on any atom is 0.242 e. The van der Waals surface area contributed by atoms with Gasteiger partial charge in [-0.1, -0.05) is 18.1 Å². The minimum Gasteiger partial charge on any atom is -0.544 e. The zero-order chi connectivity index (χ0) is 22.6. The van der Waals surface area contributed by atoms with Gasteiger partial charge in [-0.05, 0) is 112 Å². The van der Waals surface area contributed by atoms with Crippen molar-refractivity contribution in [1.29, 1.82) is 0 Å². The zero-order valence-corrected chi connectivity index (χ0v) is 22.7. The Labute approximate surface area is 191 Å². The summed E-state index contributed by atoms with van der Waals surface area (Å²) >= 11 is 0. The van der Waals surface area contributed by atoms with Crippen LogP contribution in [-0.2, 0) is 15.7 Å². The van der Waals surface area contributed by atoms with Crippen molar-refractivity contribution in [3.8, 4) is 5.75 Å². The van der Waals surface area contributed by atoms with E-state index in [0.717, 1.165) is 25.0 Å². The molecule has 1 aromatic rings. The molecule has 0 unspecified atom stereocenters. The molecule has 0 amide bonds. The summed E-state index contributed by atoms with van der Waals surface area (Å²) < 4.78 is 13.2. The summed E-state index contributed by atoms with van der Waals surface area (Å²) in [5.41, 5.74) is 4.26. The van der Waals surface area contributed by atoms with E-state index < -0.39 is 16.6 Å². The summed E-state index contributed by atoms with van der Waals surface area (Å²) in [6, 6.07) is 6.92. The molecule has 3 aliphatic carbocycles. The third kappa shape index (κ3) is 4.40. The number of nitrogens with zero attached hydrogens (tertiary/aromatic N) is 1.